The maximum absolute atomic E-state index is 12.8. The highest BCUT2D eigenvalue weighted by atomic mass is 35.5. The fraction of sp³-hybridized carbons (Fsp3) is 0.500. The number of methoxy groups -OCH3 is 2. The Hall–Kier alpha value is -1.74. The molecule has 2 aliphatic rings. The number of likely N-dealkylation sites (tertiary alicyclic amines) is 1. The van der Waals surface area contributed by atoms with Crippen LogP contribution in [0.15, 0.2) is 42.5 Å². The van der Waals surface area contributed by atoms with E-state index >= 15 is 0 Å². The molecule has 2 aromatic carbocycles. The van der Waals surface area contributed by atoms with Gasteiger partial charge in [0, 0.05) is 51.4 Å². The van der Waals surface area contributed by atoms with E-state index in [1.807, 2.05) is 30.3 Å². The number of hydrogen-bond donors (Lipinski definition) is 0. The molecule has 36 heavy (non-hydrogen) atoms. The van der Waals surface area contributed by atoms with Crippen LogP contribution in [0.4, 0.5) is 0 Å². The smallest absolute Gasteiger partial charge is 0.343 e. The molecule has 0 saturated carbocycles. The second-order valence-electron chi connectivity index (χ2n) is 8.71. The third kappa shape index (κ3) is 8.40. The molecular weight excluding hydrogens is 525 g/mol. The van der Waals surface area contributed by atoms with Gasteiger partial charge in [-0.25, -0.2) is 4.79 Å². The summed E-state index contributed by atoms with van der Waals surface area (Å²) >= 11 is 0. The van der Waals surface area contributed by atoms with Gasteiger partial charge in [-0.15, -0.1) is 37.2 Å². The lowest BCUT2D eigenvalue weighted by Gasteiger charge is -2.35. The van der Waals surface area contributed by atoms with Gasteiger partial charge >= 0.3 is 5.97 Å². The van der Waals surface area contributed by atoms with E-state index in [1.165, 1.54) is 32.5 Å². The zero-order chi connectivity index (χ0) is 23.0. The van der Waals surface area contributed by atoms with Crippen LogP contribution in [0.25, 0.3) is 0 Å². The van der Waals surface area contributed by atoms with Crippen LogP contribution in [0.1, 0.15) is 28.8 Å². The number of esters is 1. The van der Waals surface area contributed by atoms with Crippen LogP contribution in [0.5, 0.6) is 17.2 Å². The minimum Gasteiger partial charge on any atom is -0.493 e. The Labute approximate surface area is 233 Å². The Balaban J connectivity index is 0.00000216. The summed E-state index contributed by atoms with van der Waals surface area (Å²) < 4.78 is 16.9. The Morgan fingerprint density at radius 3 is 1.89 bits per heavy atom. The van der Waals surface area contributed by atoms with Gasteiger partial charge in [-0.1, -0.05) is 24.3 Å². The average molecular weight is 563 g/mol. The molecule has 202 valence electrons. The second-order valence-corrected chi connectivity index (χ2v) is 8.71. The Morgan fingerprint density at radius 2 is 1.31 bits per heavy atom. The number of hydrogen-bond acceptors (Lipinski definition) is 7. The van der Waals surface area contributed by atoms with Crippen molar-refractivity contribution in [3.63, 3.8) is 0 Å². The van der Waals surface area contributed by atoms with E-state index in [2.05, 4.69) is 14.7 Å². The third-order valence-corrected chi connectivity index (χ3v) is 6.58. The molecule has 0 amide bonds. The first-order chi connectivity index (χ1) is 16.2. The van der Waals surface area contributed by atoms with Crippen molar-refractivity contribution in [3.05, 3.63) is 53.6 Å². The minimum atomic E-state index is -0.407. The fourth-order valence-corrected chi connectivity index (χ4v) is 4.60. The van der Waals surface area contributed by atoms with Gasteiger partial charge in [-0.2, -0.15) is 0 Å². The lowest BCUT2D eigenvalue weighted by atomic mass is 10.1. The van der Waals surface area contributed by atoms with Crippen molar-refractivity contribution in [2.75, 3.05) is 66.6 Å². The summed E-state index contributed by atoms with van der Waals surface area (Å²) in [4.78, 5) is 20.3. The van der Waals surface area contributed by atoms with Gasteiger partial charge in [0.05, 0.1) is 19.8 Å². The molecule has 2 heterocycles. The second kappa shape index (κ2) is 16.2. The van der Waals surface area contributed by atoms with E-state index in [4.69, 9.17) is 14.2 Å². The minimum absolute atomic E-state index is 0. The molecule has 10 heteroatoms. The van der Waals surface area contributed by atoms with Crippen LogP contribution in [0.2, 0.25) is 0 Å². The lowest BCUT2D eigenvalue weighted by molar-refractivity contribution is 0.0722. The molecule has 0 N–H and O–H groups in total. The lowest BCUT2D eigenvalue weighted by Crippen LogP contribution is -2.47. The number of benzene rings is 2. The molecule has 0 bridgehead atoms. The van der Waals surface area contributed by atoms with Crippen LogP contribution >= 0.6 is 37.2 Å². The highest BCUT2D eigenvalue weighted by molar-refractivity contribution is 5.91. The highest BCUT2D eigenvalue weighted by Gasteiger charge is 2.24. The number of rotatable bonds is 9. The maximum atomic E-state index is 12.8. The molecule has 0 atom stereocenters. The summed E-state index contributed by atoms with van der Waals surface area (Å²) in [5.74, 6) is 1.02. The first-order valence-electron chi connectivity index (χ1n) is 11.9. The molecule has 2 aliphatic heterocycles. The van der Waals surface area contributed by atoms with E-state index < -0.39 is 5.97 Å². The molecule has 2 aromatic rings. The van der Waals surface area contributed by atoms with E-state index in [0.29, 0.717) is 29.4 Å². The standard InChI is InChI=1S/C26H35N3O4.3ClH/c1-31-23-11-10-22(24(25(23)32-2)33-26(30)21-8-4-3-5-9-21)20-29-18-16-28(17-19-29)15-14-27-12-6-7-13-27;;;/h3-5,8-11H,6-7,12-20H2,1-2H3;3*1H. The number of carbonyl (C=O) groups is 1. The van der Waals surface area contributed by atoms with Crippen molar-refractivity contribution < 1.29 is 19.0 Å². The molecule has 0 unspecified atom stereocenters. The number of carbonyl (C=O) groups excluding carboxylic acids is 1. The van der Waals surface area contributed by atoms with Crippen molar-refractivity contribution in [3.8, 4) is 17.2 Å². The van der Waals surface area contributed by atoms with Crippen molar-refractivity contribution in [1.29, 1.82) is 0 Å². The van der Waals surface area contributed by atoms with Crippen LogP contribution in [-0.4, -0.2) is 87.2 Å². The van der Waals surface area contributed by atoms with Crippen molar-refractivity contribution in [2.24, 2.45) is 0 Å². The molecular formula is C26H38Cl3N3O4. The molecule has 7 nitrogen and oxygen atoms in total. The summed E-state index contributed by atoms with van der Waals surface area (Å²) in [5, 5.41) is 0. The van der Waals surface area contributed by atoms with Gasteiger partial charge in [-0.3, -0.25) is 9.80 Å². The summed E-state index contributed by atoms with van der Waals surface area (Å²) in [6.45, 7) is 9.60. The van der Waals surface area contributed by atoms with Crippen LogP contribution < -0.4 is 14.2 Å². The van der Waals surface area contributed by atoms with Gasteiger partial charge in [0.25, 0.3) is 0 Å². The highest BCUT2D eigenvalue weighted by Crippen LogP contribution is 2.41. The predicted molar refractivity (Wildman–Crippen MR) is 150 cm³/mol. The summed E-state index contributed by atoms with van der Waals surface area (Å²) in [6, 6.07) is 12.9. The number of piperazine rings is 1. The zero-order valence-electron chi connectivity index (χ0n) is 21.0. The summed E-state index contributed by atoms with van der Waals surface area (Å²) in [6.07, 6.45) is 2.69. The Kier molecular flexibility index (Phi) is 14.5. The average Bonchev–Trinajstić information content (AvgIpc) is 3.38. The van der Waals surface area contributed by atoms with Gasteiger partial charge in [-0.05, 0) is 44.1 Å². The molecule has 0 spiro atoms. The Morgan fingerprint density at radius 1 is 0.722 bits per heavy atom. The fourth-order valence-electron chi connectivity index (χ4n) is 4.60. The molecule has 0 aliphatic carbocycles. The van der Waals surface area contributed by atoms with Crippen molar-refractivity contribution in [2.45, 2.75) is 19.4 Å². The van der Waals surface area contributed by atoms with E-state index in [1.54, 1.807) is 26.4 Å². The molecule has 2 fully saturated rings. The maximum Gasteiger partial charge on any atom is 0.343 e. The third-order valence-electron chi connectivity index (χ3n) is 6.58. The summed E-state index contributed by atoms with van der Waals surface area (Å²) in [5.41, 5.74) is 1.42. The number of halogens is 3. The van der Waals surface area contributed by atoms with Gasteiger partial charge in [0.2, 0.25) is 5.75 Å². The Bertz CT molecular complexity index is 922. The van der Waals surface area contributed by atoms with Gasteiger partial charge in [0.1, 0.15) is 0 Å². The molecule has 0 aromatic heterocycles. The van der Waals surface area contributed by atoms with Gasteiger partial charge in [0.15, 0.2) is 11.5 Å². The van der Waals surface area contributed by atoms with Crippen LogP contribution in [0, 0.1) is 0 Å². The first-order valence-corrected chi connectivity index (χ1v) is 11.9. The number of nitrogens with zero attached hydrogens (tertiary/aromatic N) is 3. The topological polar surface area (TPSA) is 54.5 Å². The normalized spacial score (nSPS) is 16.3. The van der Waals surface area contributed by atoms with Gasteiger partial charge < -0.3 is 19.1 Å². The van der Waals surface area contributed by atoms with Crippen molar-refractivity contribution >= 4 is 43.2 Å². The first kappa shape index (κ1) is 32.3. The summed E-state index contributed by atoms with van der Waals surface area (Å²) in [7, 11) is 3.16. The van der Waals surface area contributed by atoms with Crippen LogP contribution in [-0.2, 0) is 6.54 Å². The van der Waals surface area contributed by atoms with Crippen molar-refractivity contribution in [1.82, 2.24) is 14.7 Å². The molecule has 4 rings (SSSR count). The van der Waals surface area contributed by atoms with E-state index in [-0.39, 0.29) is 37.2 Å². The van der Waals surface area contributed by atoms with Crippen LogP contribution in [0.3, 0.4) is 0 Å². The molecule has 0 radical (unpaired) electrons. The molecule has 2 saturated heterocycles. The quantitative estimate of drug-likeness (QED) is 0.332. The van der Waals surface area contributed by atoms with E-state index in [0.717, 1.165) is 38.3 Å². The SMILES string of the molecule is COc1ccc(CN2CCN(CCN3CCCC3)CC2)c(OC(=O)c2ccccc2)c1OC.Cl.Cl.Cl. The zero-order valence-corrected chi connectivity index (χ0v) is 23.5. The predicted octanol–water partition coefficient (Wildman–Crippen LogP) is 4.40. The largest absolute Gasteiger partial charge is 0.493 e. The number of ether oxygens (including phenoxy) is 3. The van der Waals surface area contributed by atoms with E-state index in [9.17, 15) is 4.79 Å². The monoisotopic (exact) mass is 561 g/mol.